The summed E-state index contributed by atoms with van der Waals surface area (Å²) >= 11 is 12.8. The third kappa shape index (κ3) is 4.72. The van der Waals surface area contributed by atoms with Crippen molar-refractivity contribution in [2.24, 2.45) is 0 Å². The van der Waals surface area contributed by atoms with Crippen LogP contribution < -0.4 is 4.74 Å². The molecule has 0 aliphatic heterocycles. The van der Waals surface area contributed by atoms with Crippen molar-refractivity contribution in [2.45, 2.75) is 6.61 Å². The van der Waals surface area contributed by atoms with Crippen molar-refractivity contribution < 1.29 is 9.13 Å². The Kier molecular flexibility index (Phi) is 6.23. The normalized spacial score (nSPS) is 11.4. The zero-order chi connectivity index (χ0) is 21.8. The van der Waals surface area contributed by atoms with Crippen LogP contribution in [0.1, 0.15) is 16.7 Å². The van der Waals surface area contributed by atoms with Gasteiger partial charge in [-0.15, -0.1) is 0 Å². The zero-order valence-electron chi connectivity index (χ0n) is 16.3. The Hall–Kier alpha value is -3.32. The molecular weight excluding hydrogens is 432 g/mol. The smallest absolute Gasteiger partial charge is 0.157 e. The van der Waals surface area contributed by atoms with Crippen LogP contribution in [0.25, 0.3) is 22.4 Å². The Bertz CT molecular complexity index is 1320. The van der Waals surface area contributed by atoms with E-state index in [-0.39, 0.29) is 28.2 Å². The highest BCUT2D eigenvalue weighted by atomic mass is 35.5. The number of rotatable bonds is 5. The molecule has 31 heavy (non-hydrogen) atoms. The van der Waals surface area contributed by atoms with E-state index in [1.54, 1.807) is 36.4 Å². The van der Waals surface area contributed by atoms with Gasteiger partial charge in [0.25, 0.3) is 0 Å². The largest absolute Gasteiger partial charge is 0.486 e. The molecule has 152 valence electrons. The van der Waals surface area contributed by atoms with Gasteiger partial charge in [-0.25, -0.2) is 4.39 Å². The molecule has 0 aliphatic carbocycles. The molecule has 0 amide bonds. The fourth-order valence-electron chi connectivity index (χ4n) is 3.27. The van der Waals surface area contributed by atoms with E-state index in [0.717, 1.165) is 16.3 Å². The highest BCUT2D eigenvalue weighted by molar-refractivity contribution is 6.37. The number of fused-ring (bicyclic) bond motifs is 1. The van der Waals surface area contributed by atoms with Gasteiger partial charge in [0.05, 0.1) is 21.7 Å². The minimum Gasteiger partial charge on any atom is -0.486 e. The Balaban J connectivity index is 1.62. The fourth-order valence-corrected chi connectivity index (χ4v) is 3.88. The molecule has 0 N–H and O–H groups in total. The summed E-state index contributed by atoms with van der Waals surface area (Å²) in [6.45, 7) is 0.00182. The SMILES string of the molecule is N#CC(=Cc1cc(Cl)c(OCc2ccccc2F)c(Cl)c1)c1ccc2ccccc2c1. The Morgan fingerprint density at radius 1 is 0.903 bits per heavy atom. The first-order valence-corrected chi connectivity index (χ1v) is 10.3. The van der Waals surface area contributed by atoms with E-state index in [4.69, 9.17) is 27.9 Å². The van der Waals surface area contributed by atoms with E-state index in [2.05, 4.69) is 6.07 Å². The first-order chi connectivity index (χ1) is 15.0. The lowest BCUT2D eigenvalue weighted by atomic mass is 10.00. The second-order valence-electron chi connectivity index (χ2n) is 6.93. The number of allylic oxidation sites excluding steroid dienone is 1. The summed E-state index contributed by atoms with van der Waals surface area (Å²) in [6, 6.07) is 25.7. The van der Waals surface area contributed by atoms with Crippen LogP contribution in [-0.2, 0) is 6.61 Å². The third-order valence-electron chi connectivity index (χ3n) is 4.84. The van der Waals surface area contributed by atoms with Gasteiger partial charge in [-0.2, -0.15) is 5.26 Å². The molecule has 4 aromatic rings. The van der Waals surface area contributed by atoms with E-state index in [0.29, 0.717) is 16.7 Å². The summed E-state index contributed by atoms with van der Waals surface area (Å²) in [5.74, 6) is -0.0868. The first kappa shape index (κ1) is 20.9. The second-order valence-corrected chi connectivity index (χ2v) is 7.74. The molecule has 0 heterocycles. The molecule has 2 nitrogen and oxygen atoms in total. The maximum atomic E-state index is 13.8. The van der Waals surface area contributed by atoms with Crippen molar-refractivity contribution >= 4 is 45.6 Å². The molecular formula is C26H16Cl2FNO. The quantitative estimate of drug-likeness (QED) is 0.229. The summed E-state index contributed by atoms with van der Waals surface area (Å²) in [4.78, 5) is 0. The average Bonchev–Trinajstić information content (AvgIpc) is 2.77. The van der Waals surface area contributed by atoms with Gasteiger partial charge >= 0.3 is 0 Å². The summed E-state index contributed by atoms with van der Waals surface area (Å²) < 4.78 is 19.5. The highest BCUT2D eigenvalue weighted by Gasteiger charge is 2.12. The summed E-state index contributed by atoms with van der Waals surface area (Å²) in [5, 5.41) is 12.4. The molecule has 0 saturated heterocycles. The lowest BCUT2D eigenvalue weighted by Crippen LogP contribution is -1.99. The van der Waals surface area contributed by atoms with Crippen LogP contribution in [0, 0.1) is 17.1 Å². The maximum absolute atomic E-state index is 13.8. The Morgan fingerprint density at radius 3 is 2.29 bits per heavy atom. The second kappa shape index (κ2) is 9.22. The van der Waals surface area contributed by atoms with Crippen LogP contribution >= 0.6 is 23.2 Å². The molecule has 0 unspecified atom stereocenters. The van der Waals surface area contributed by atoms with Crippen molar-refractivity contribution in [1.82, 2.24) is 0 Å². The molecule has 0 bridgehead atoms. The zero-order valence-corrected chi connectivity index (χ0v) is 17.8. The highest BCUT2D eigenvalue weighted by Crippen LogP contribution is 2.36. The first-order valence-electron chi connectivity index (χ1n) is 9.51. The van der Waals surface area contributed by atoms with Gasteiger partial charge in [-0.05, 0) is 52.2 Å². The molecule has 0 atom stereocenters. The number of hydrogen-bond acceptors (Lipinski definition) is 2. The van der Waals surface area contributed by atoms with Crippen LogP contribution in [0.15, 0.2) is 78.9 Å². The van der Waals surface area contributed by atoms with Crippen LogP contribution in [0.2, 0.25) is 10.0 Å². The standard InChI is InChI=1S/C26H16Cl2FNO/c27-23-12-17(13-24(28)26(23)31-16-21-7-3-4-8-25(21)29)11-22(15-30)20-10-9-18-5-1-2-6-19(18)14-20/h1-14H,16H2. The van der Waals surface area contributed by atoms with Crippen molar-refractivity contribution in [2.75, 3.05) is 0 Å². The summed E-state index contributed by atoms with van der Waals surface area (Å²) in [6.07, 6.45) is 1.72. The van der Waals surface area contributed by atoms with E-state index in [9.17, 15) is 9.65 Å². The number of hydrogen-bond donors (Lipinski definition) is 0. The van der Waals surface area contributed by atoms with Crippen molar-refractivity contribution in [3.63, 3.8) is 0 Å². The molecule has 0 spiro atoms. The molecule has 0 radical (unpaired) electrons. The van der Waals surface area contributed by atoms with Gasteiger partial charge in [0.1, 0.15) is 12.4 Å². The van der Waals surface area contributed by atoms with Gasteiger partial charge in [0.15, 0.2) is 5.75 Å². The number of benzene rings is 4. The van der Waals surface area contributed by atoms with Gasteiger partial charge < -0.3 is 4.74 Å². The minimum atomic E-state index is -0.358. The number of nitrogens with zero attached hydrogens (tertiary/aromatic N) is 1. The van der Waals surface area contributed by atoms with E-state index in [1.807, 2.05) is 42.5 Å². The van der Waals surface area contributed by atoms with Gasteiger partial charge in [0, 0.05) is 5.56 Å². The molecule has 0 saturated carbocycles. The number of ether oxygens (including phenoxy) is 1. The molecule has 4 aromatic carbocycles. The van der Waals surface area contributed by atoms with Gasteiger partial charge in [-0.1, -0.05) is 77.8 Å². The van der Waals surface area contributed by atoms with Crippen LogP contribution in [-0.4, -0.2) is 0 Å². The Morgan fingerprint density at radius 2 is 1.58 bits per heavy atom. The third-order valence-corrected chi connectivity index (χ3v) is 5.40. The number of halogens is 3. The molecule has 5 heteroatoms. The van der Waals surface area contributed by atoms with Crippen molar-refractivity contribution in [3.8, 4) is 11.8 Å². The predicted octanol–water partition coefficient (Wildman–Crippen LogP) is 7.93. The van der Waals surface area contributed by atoms with Crippen LogP contribution in [0.4, 0.5) is 4.39 Å². The van der Waals surface area contributed by atoms with Crippen LogP contribution in [0.5, 0.6) is 5.75 Å². The lowest BCUT2D eigenvalue weighted by molar-refractivity contribution is 0.300. The summed E-state index contributed by atoms with van der Waals surface area (Å²) in [7, 11) is 0. The summed E-state index contributed by atoms with van der Waals surface area (Å²) in [5.41, 5.74) is 2.35. The van der Waals surface area contributed by atoms with Crippen molar-refractivity contribution in [1.29, 1.82) is 5.26 Å². The monoisotopic (exact) mass is 447 g/mol. The van der Waals surface area contributed by atoms with E-state index in [1.165, 1.54) is 6.07 Å². The minimum absolute atomic E-state index is 0.00182. The molecule has 4 rings (SSSR count). The van der Waals surface area contributed by atoms with Gasteiger partial charge in [0.2, 0.25) is 0 Å². The molecule has 0 aliphatic rings. The Labute approximate surface area is 189 Å². The number of nitriles is 1. The maximum Gasteiger partial charge on any atom is 0.157 e. The fraction of sp³-hybridized carbons (Fsp3) is 0.0385. The van der Waals surface area contributed by atoms with Crippen LogP contribution in [0.3, 0.4) is 0 Å². The topological polar surface area (TPSA) is 33.0 Å². The van der Waals surface area contributed by atoms with E-state index < -0.39 is 0 Å². The van der Waals surface area contributed by atoms with E-state index >= 15 is 0 Å². The van der Waals surface area contributed by atoms with Crippen molar-refractivity contribution in [3.05, 3.63) is 111 Å². The molecule has 0 fully saturated rings. The lowest BCUT2D eigenvalue weighted by Gasteiger charge is -2.12. The predicted molar refractivity (Wildman–Crippen MR) is 125 cm³/mol. The van der Waals surface area contributed by atoms with Gasteiger partial charge in [-0.3, -0.25) is 0 Å². The molecule has 0 aromatic heterocycles. The average molecular weight is 448 g/mol.